The van der Waals surface area contributed by atoms with Crippen molar-refractivity contribution in [2.75, 3.05) is 11.2 Å². The normalized spacial score (nSPS) is 10.4. The standard InChI is InChI=1S/C18H17N5OS3/c1-11-16(17(24)22-25-3)21-18(26-11)23(10-15-9-20-12(2)27-15)14-6-4-13(8-19)5-7-14/h4-7,9H,10H2,1-3H3,(H,22,24). The number of nitrogens with one attached hydrogen (secondary N) is 1. The first-order valence-electron chi connectivity index (χ1n) is 8.01. The van der Waals surface area contributed by atoms with Crippen molar-refractivity contribution in [3.63, 3.8) is 0 Å². The van der Waals surface area contributed by atoms with E-state index in [1.54, 1.807) is 29.7 Å². The van der Waals surface area contributed by atoms with Gasteiger partial charge >= 0.3 is 0 Å². The lowest BCUT2D eigenvalue weighted by Gasteiger charge is -2.21. The molecule has 0 spiro atoms. The maximum Gasteiger partial charge on any atom is 0.280 e. The highest BCUT2D eigenvalue weighted by atomic mass is 32.2. The molecule has 138 valence electrons. The van der Waals surface area contributed by atoms with Crippen LogP contribution in [0, 0.1) is 25.2 Å². The highest BCUT2D eigenvalue weighted by Crippen LogP contribution is 2.34. The molecule has 0 saturated heterocycles. The zero-order chi connectivity index (χ0) is 19.4. The Balaban J connectivity index is 1.99. The number of thiazole rings is 2. The number of hydrogen-bond donors (Lipinski definition) is 1. The molecule has 1 amide bonds. The van der Waals surface area contributed by atoms with Gasteiger partial charge in [0.05, 0.1) is 23.2 Å². The second-order valence-electron chi connectivity index (χ2n) is 5.63. The van der Waals surface area contributed by atoms with Crippen LogP contribution < -0.4 is 9.62 Å². The smallest absolute Gasteiger partial charge is 0.280 e. The van der Waals surface area contributed by atoms with Crippen molar-refractivity contribution in [3.05, 3.63) is 56.5 Å². The molecule has 27 heavy (non-hydrogen) atoms. The molecule has 0 unspecified atom stereocenters. The Morgan fingerprint density at radius 2 is 2.04 bits per heavy atom. The number of hydrogen-bond acceptors (Lipinski definition) is 8. The third-order valence-corrected chi connectivity index (χ3v) is 6.00. The third kappa shape index (κ3) is 4.47. The molecule has 0 aliphatic rings. The first-order chi connectivity index (χ1) is 13.0. The predicted octanol–water partition coefficient (Wildman–Crippen LogP) is 4.43. The van der Waals surface area contributed by atoms with Crippen LogP contribution in [0.4, 0.5) is 10.8 Å². The number of nitrogens with zero attached hydrogens (tertiary/aromatic N) is 4. The fourth-order valence-corrected chi connectivity index (χ4v) is 4.46. The monoisotopic (exact) mass is 415 g/mol. The third-order valence-electron chi connectivity index (χ3n) is 3.72. The van der Waals surface area contributed by atoms with Crippen LogP contribution in [-0.4, -0.2) is 22.1 Å². The van der Waals surface area contributed by atoms with Crippen molar-refractivity contribution in [1.29, 1.82) is 5.26 Å². The summed E-state index contributed by atoms with van der Waals surface area (Å²) >= 11 is 4.35. The van der Waals surface area contributed by atoms with Crippen molar-refractivity contribution >= 4 is 51.3 Å². The molecule has 1 N–H and O–H groups in total. The lowest BCUT2D eigenvalue weighted by molar-refractivity contribution is 0.0980. The van der Waals surface area contributed by atoms with Gasteiger partial charge in [0.2, 0.25) is 0 Å². The van der Waals surface area contributed by atoms with Crippen LogP contribution in [0.15, 0.2) is 30.5 Å². The molecule has 1 aromatic carbocycles. The number of benzene rings is 1. The van der Waals surface area contributed by atoms with E-state index < -0.39 is 0 Å². The van der Waals surface area contributed by atoms with Crippen molar-refractivity contribution in [2.45, 2.75) is 20.4 Å². The summed E-state index contributed by atoms with van der Waals surface area (Å²) in [4.78, 5) is 25.1. The van der Waals surface area contributed by atoms with Crippen LogP contribution in [0.5, 0.6) is 0 Å². The molecule has 2 aromatic heterocycles. The maximum absolute atomic E-state index is 12.2. The molecule has 0 saturated carbocycles. The van der Waals surface area contributed by atoms with E-state index in [0.717, 1.165) is 25.6 Å². The van der Waals surface area contributed by atoms with Gasteiger partial charge in [0.15, 0.2) is 5.13 Å². The fourth-order valence-electron chi connectivity index (χ4n) is 2.47. The molecule has 0 aliphatic carbocycles. The van der Waals surface area contributed by atoms with E-state index in [1.165, 1.54) is 23.3 Å². The van der Waals surface area contributed by atoms with Crippen LogP contribution in [0.1, 0.15) is 30.8 Å². The molecule has 2 heterocycles. The Hall–Kier alpha value is -2.41. The van der Waals surface area contributed by atoms with Crippen LogP contribution in [0.25, 0.3) is 0 Å². The highest BCUT2D eigenvalue weighted by molar-refractivity contribution is 7.97. The van der Waals surface area contributed by atoms with Gasteiger partial charge in [0, 0.05) is 27.9 Å². The number of carbonyl (C=O) groups is 1. The van der Waals surface area contributed by atoms with Gasteiger partial charge in [-0.05, 0) is 38.1 Å². The minimum atomic E-state index is -0.198. The Morgan fingerprint density at radius 3 is 2.63 bits per heavy atom. The van der Waals surface area contributed by atoms with Gasteiger partial charge in [0.1, 0.15) is 5.69 Å². The number of aromatic nitrogens is 2. The van der Waals surface area contributed by atoms with Gasteiger partial charge in [-0.1, -0.05) is 11.9 Å². The largest absolute Gasteiger partial charge is 0.313 e. The fraction of sp³-hybridized carbons (Fsp3) is 0.222. The van der Waals surface area contributed by atoms with Gasteiger partial charge in [-0.2, -0.15) is 5.26 Å². The summed E-state index contributed by atoms with van der Waals surface area (Å²) < 4.78 is 2.72. The number of rotatable bonds is 6. The second-order valence-corrected chi connectivity index (χ2v) is 8.74. The van der Waals surface area contributed by atoms with E-state index in [9.17, 15) is 4.79 Å². The number of amides is 1. The van der Waals surface area contributed by atoms with Gasteiger partial charge in [-0.25, -0.2) is 9.97 Å². The van der Waals surface area contributed by atoms with Gasteiger partial charge in [0.25, 0.3) is 5.91 Å². The Morgan fingerprint density at radius 1 is 1.30 bits per heavy atom. The highest BCUT2D eigenvalue weighted by Gasteiger charge is 2.21. The average molecular weight is 416 g/mol. The summed E-state index contributed by atoms with van der Waals surface area (Å²) in [5, 5.41) is 10.8. The van der Waals surface area contributed by atoms with Crippen molar-refractivity contribution in [3.8, 4) is 6.07 Å². The minimum absolute atomic E-state index is 0.198. The summed E-state index contributed by atoms with van der Waals surface area (Å²) in [7, 11) is 0. The molecule has 6 nitrogen and oxygen atoms in total. The number of carbonyl (C=O) groups excluding carboxylic acids is 1. The van der Waals surface area contributed by atoms with Gasteiger partial charge < -0.3 is 4.90 Å². The molecule has 9 heteroatoms. The van der Waals surface area contributed by atoms with Crippen LogP contribution in [0.3, 0.4) is 0 Å². The summed E-state index contributed by atoms with van der Waals surface area (Å²) in [5.41, 5.74) is 1.94. The molecule has 0 radical (unpaired) electrons. The topological polar surface area (TPSA) is 81.9 Å². The SMILES string of the molecule is CSNC(=O)c1nc(N(Cc2cnc(C)s2)c2ccc(C#N)cc2)sc1C. The molecular formula is C18H17N5OS3. The summed E-state index contributed by atoms with van der Waals surface area (Å²) in [6, 6.07) is 9.48. The number of anilines is 2. The van der Waals surface area contributed by atoms with Crippen LogP contribution >= 0.6 is 34.6 Å². The Labute approximate surface area is 170 Å². The van der Waals surface area contributed by atoms with Crippen molar-refractivity contribution in [1.82, 2.24) is 14.7 Å². The van der Waals surface area contributed by atoms with Crippen LogP contribution in [0.2, 0.25) is 0 Å². The average Bonchev–Trinajstić information content (AvgIpc) is 3.25. The number of aryl methyl sites for hydroxylation is 2. The van der Waals surface area contributed by atoms with E-state index in [2.05, 4.69) is 20.8 Å². The first-order valence-corrected chi connectivity index (χ1v) is 10.9. The second kappa shape index (κ2) is 8.52. The summed E-state index contributed by atoms with van der Waals surface area (Å²) in [6.45, 7) is 4.46. The van der Waals surface area contributed by atoms with Gasteiger partial charge in [-0.3, -0.25) is 9.52 Å². The Kier molecular flexibility index (Phi) is 6.11. The molecule has 0 atom stereocenters. The lowest BCUT2D eigenvalue weighted by atomic mass is 10.2. The lowest BCUT2D eigenvalue weighted by Crippen LogP contribution is -2.18. The zero-order valence-electron chi connectivity index (χ0n) is 15.0. The molecule has 3 rings (SSSR count). The zero-order valence-corrected chi connectivity index (χ0v) is 17.5. The molecule has 0 aliphatic heterocycles. The first kappa shape index (κ1) is 19.4. The Bertz CT molecular complexity index is 987. The molecule has 0 bridgehead atoms. The van der Waals surface area contributed by atoms with Crippen molar-refractivity contribution in [2.24, 2.45) is 0 Å². The number of nitriles is 1. The predicted molar refractivity (Wildman–Crippen MR) is 112 cm³/mol. The maximum atomic E-state index is 12.2. The van der Waals surface area contributed by atoms with E-state index in [-0.39, 0.29) is 5.91 Å². The van der Waals surface area contributed by atoms with E-state index in [4.69, 9.17) is 5.26 Å². The van der Waals surface area contributed by atoms with E-state index in [1.807, 2.05) is 37.1 Å². The minimum Gasteiger partial charge on any atom is -0.313 e. The quantitative estimate of drug-likeness (QED) is 0.600. The van der Waals surface area contributed by atoms with Crippen molar-refractivity contribution < 1.29 is 4.79 Å². The van der Waals surface area contributed by atoms with Crippen LogP contribution in [-0.2, 0) is 6.54 Å². The molecule has 0 fully saturated rings. The summed E-state index contributed by atoms with van der Waals surface area (Å²) in [5.74, 6) is -0.198. The molecule has 3 aromatic rings. The van der Waals surface area contributed by atoms with E-state index >= 15 is 0 Å². The molecular weight excluding hydrogens is 398 g/mol. The van der Waals surface area contributed by atoms with E-state index in [0.29, 0.717) is 17.8 Å². The summed E-state index contributed by atoms with van der Waals surface area (Å²) in [6.07, 6.45) is 3.66. The van der Waals surface area contributed by atoms with Gasteiger partial charge in [-0.15, -0.1) is 22.7 Å².